The van der Waals surface area contributed by atoms with Gasteiger partial charge in [0.2, 0.25) is 5.91 Å². The Kier molecular flexibility index (Phi) is 4.42. The number of piperidine rings is 1. The first-order chi connectivity index (χ1) is 12.7. The molecule has 1 amide bonds. The normalized spacial score (nSPS) is 17.4. The van der Waals surface area contributed by atoms with E-state index in [1.54, 1.807) is 12.5 Å². The Morgan fingerprint density at radius 3 is 3.15 bits per heavy atom. The maximum Gasteiger partial charge on any atom is 0.239 e. The molecule has 0 bridgehead atoms. The highest BCUT2D eigenvalue weighted by molar-refractivity contribution is 5.87. The van der Waals surface area contributed by atoms with Gasteiger partial charge in [-0.15, -0.1) is 0 Å². The van der Waals surface area contributed by atoms with E-state index in [0.29, 0.717) is 0 Å². The lowest BCUT2D eigenvalue weighted by molar-refractivity contribution is -0.120. The summed E-state index contributed by atoms with van der Waals surface area (Å²) < 4.78 is 0. The predicted molar refractivity (Wildman–Crippen MR) is 99.1 cm³/mol. The third kappa shape index (κ3) is 3.32. The maximum atomic E-state index is 12.4. The molecule has 26 heavy (non-hydrogen) atoms. The minimum absolute atomic E-state index is 0.00294. The molecule has 1 aliphatic rings. The zero-order valence-electron chi connectivity index (χ0n) is 14.6. The standard InChI is InChI=1S/C17H22N8O/c1-24(14-5-7-21-23-14)10-15(26)22-12-3-2-8-25(9-12)17-13-4-6-18-16(13)19-11-20-17/h4-7,11-12H,2-3,8-10H2,1H3,(H,21,23)(H,22,26)(H,18,19,20). The van der Waals surface area contributed by atoms with Gasteiger partial charge in [0.15, 0.2) is 5.82 Å². The van der Waals surface area contributed by atoms with Crippen LogP contribution in [0.3, 0.4) is 0 Å². The molecular weight excluding hydrogens is 332 g/mol. The van der Waals surface area contributed by atoms with Gasteiger partial charge in [-0.3, -0.25) is 9.89 Å². The summed E-state index contributed by atoms with van der Waals surface area (Å²) in [6.45, 7) is 1.95. The molecule has 4 heterocycles. The monoisotopic (exact) mass is 354 g/mol. The number of anilines is 2. The van der Waals surface area contributed by atoms with Crippen LogP contribution in [0.25, 0.3) is 11.0 Å². The number of rotatable bonds is 5. The van der Waals surface area contributed by atoms with Gasteiger partial charge in [-0.2, -0.15) is 5.10 Å². The van der Waals surface area contributed by atoms with Crippen LogP contribution in [0.5, 0.6) is 0 Å². The fraction of sp³-hybridized carbons (Fsp3) is 0.412. The first-order valence-electron chi connectivity index (χ1n) is 8.74. The van der Waals surface area contributed by atoms with Crippen LogP contribution < -0.4 is 15.1 Å². The van der Waals surface area contributed by atoms with Crippen LogP contribution in [0.15, 0.2) is 30.9 Å². The van der Waals surface area contributed by atoms with Crippen molar-refractivity contribution in [2.24, 2.45) is 0 Å². The number of hydrogen-bond donors (Lipinski definition) is 3. The van der Waals surface area contributed by atoms with Gasteiger partial charge < -0.3 is 20.1 Å². The van der Waals surface area contributed by atoms with E-state index < -0.39 is 0 Å². The zero-order valence-corrected chi connectivity index (χ0v) is 14.6. The third-order valence-corrected chi connectivity index (χ3v) is 4.68. The van der Waals surface area contributed by atoms with Crippen LogP contribution in [0.1, 0.15) is 12.8 Å². The van der Waals surface area contributed by atoms with E-state index in [-0.39, 0.29) is 18.5 Å². The third-order valence-electron chi connectivity index (χ3n) is 4.68. The fourth-order valence-electron chi connectivity index (χ4n) is 3.43. The van der Waals surface area contributed by atoms with Gasteiger partial charge >= 0.3 is 0 Å². The Morgan fingerprint density at radius 1 is 1.38 bits per heavy atom. The Bertz CT molecular complexity index is 874. The minimum atomic E-state index is -0.00294. The summed E-state index contributed by atoms with van der Waals surface area (Å²) in [6.07, 6.45) is 7.17. The molecule has 3 aromatic rings. The number of carbonyl (C=O) groups is 1. The molecule has 3 N–H and O–H groups in total. The van der Waals surface area contributed by atoms with E-state index in [4.69, 9.17) is 0 Å². The molecule has 0 aromatic carbocycles. The van der Waals surface area contributed by atoms with Gasteiger partial charge in [-0.1, -0.05) is 0 Å². The van der Waals surface area contributed by atoms with Crippen LogP contribution in [-0.2, 0) is 4.79 Å². The molecule has 3 aromatic heterocycles. The molecule has 1 aliphatic heterocycles. The van der Waals surface area contributed by atoms with E-state index in [0.717, 1.165) is 48.6 Å². The van der Waals surface area contributed by atoms with E-state index in [1.807, 2.05) is 30.3 Å². The molecule has 9 heteroatoms. The fourth-order valence-corrected chi connectivity index (χ4v) is 3.43. The number of hydrogen-bond acceptors (Lipinski definition) is 6. The van der Waals surface area contributed by atoms with Crippen LogP contribution in [0.2, 0.25) is 0 Å². The van der Waals surface area contributed by atoms with Crippen molar-refractivity contribution < 1.29 is 4.79 Å². The molecule has 136 valence electrons. The molecule has 1 fully saturated rings. The van der Waals surface area contributed by atoms with Crippen molar-refractivity contribution in [1.82, 2.24) is 30.5 Å². The molecular formula is C17H22N8O. The van der Waals surface area contributed by atoms with E-state index >= 15 is 0 Å². The smallest absolute Gasteiger partial charge is 0.239 e. The highest BCUT2D eigenvalue weighted by Gasteiger charge is 2.24. The number of amides is 1. The lowest BCUT2D eigenvalue weighted by atomic mass is 10.1. The topological polar surface area (TPSA) is 106 Å². The summed E-state index contributed by atoms with van der Waals surface area (Å²) in [5, 5.41) is 11.0. The van der Waals surface area contributed by atoms with Gasteiger partial charge in [0.05, 0.1) is 11.9 Å². The van der Waals surface area contributed by atoms with Crippen molar-refractivity contribution in [3.05, 3.63) is 30.9 Å². The summed E-state index contributed by atoms with van der Waals surface area (Å²) >= 11 is 0. The van der Waals surface area contributed by atoms with Gasteiger partial charge in [0.25, 0.3) is 0 Å². The SMILES string of the molecule is CN(CC(=O)NC1CCCN(c2ncnc3[nH]ccc23)C1)c1cc[nH]n1. The molecule has 0 spiro atoms. The quantitative estimate of drug-likeness (QED) is 0.629. The molecule has 0 saturated carbocycles. The van der Waals surface area contributed by atoms with Gasteiger partial charge in [0, 0.05) is 44.6 Å². The first kappa shape index (κ1) is 16.4. The molecule has 1 saturated heterocycles. The Balaban J connectivity index is 1.39. The van der Waals surface area contributed by atoms with Crippen molar-refractivity contribution in [2.45, 2.75) is 18.9 Å². The minimum Gasteiger partial charge on any atom is -0.354 e. The Morgan fingerprint density at radius 2 is 2.31 bits per heavy atom. The van der Waals surface area contributed by atoms with Crippen LogP contribution >= 0.6 is 0 Å². The summed E-state index contributed by atoms with van der Waals surface area (Å²) in [7, 11) is 1.85. The maximum absolute atomic E-state index is 12.4. The van der Waals surface area contributed by atoms with E-state index in [2.05, 4.69) is 35.4 Å². The summed E-state index contributed by atoms with van der Waals surface area (Å²) in [6, 6.07) is 3.94. The summed E-state index contributed by atoms with van der Waals surface area (Å²) in [5.41, 5.74) is 0.835. The average Bonchev–Trinajstić information content (AvgIpc) is 3.33. The lowest BCUT2D eigenvalue weighted by Gasteiger charge is -2.34. The van der Waals surface area contributed by atoms with Gasteiger partial charge in [-0.25, -0.2) is 9.97 Å². The van der Waals surface area contributed by atoms with Crippen molar-refractivity contribution in [3.8, 4) is 0 Å². The number of H-pyrrole nitrogens is 2. The van der Waals surface area contributed by atoms with Crippen molar-refractivity contribution in [2.75, 3.05) is 36.5 Å². The van der Waals surface area contributed by atoms with Crippen molar-refractivity contribution in [1.29, 1.82) is 0 Å². The second-order valence-electron chi connectivity index (χ2n) is 6.58. The Hall–Kier alpha value is -3.10. The molecule has 0 radical (unpaired) electrons. The molecule has 1 atom stereocenters. The van der Waals surface area contributed by atoms with E-state index in [9.17, 15) is 4.79 Å². The largest absolute Gasteiger partial charge is 0.354 e. The predicted octanol–water partition coefficient (Wildman–Crippen LogP) is 0.902. The number of aromatic amines is 2. The van der Waals surface area contributed by atoms with Gasteiger partial charge in [-0.05, 0) is 18.9 Å². The number of carbonyl (C=O) groups excluding carboxylic acids is 1. The number of nitrogens with zero attached hydrogens (tertiary/aromatic N) is 5. The Labute approximate surface area is 150 Å². The molecule has 1 unspecified atom stereocenters. The first-order valence-corrected chi connectivity index (χ1v) is 8.74. The molecule has 4 rings (SSSR count). The van der Waals surface area contributed by atoms with Gasteiger partial charge in [0.1, 0.15) is 17.8 Å². The van der Waals surface area contributed by atoms with Crippen molar-refractivity contribution >= 4 is 28.6 Å². The average molecular weight is 354 g/mol. The number of aromatic nitrogens is 5. The molecule has 0 aliphatic carbocycles. The van der Waals surface area contributed by atoms with Crippen molar-refractivity contribution in [3.63, 3.8) is 0 Å². The number of fused-ring (bicyclic) bond motifs is 1. The lowest BCUT2D eigenvalue weighted by Crippen LogP contribution is -2.50. The van der Waals surface area contributed by atoms with E-state index in [1.165, 1.54) is 0 Å². The highest BCUT2D eigenvalue weighted by atomic mass is 16.2. The number of likely N-dealkylation sites (N-methyl/N-ethyl adjacent to an activating group) is 1. The number of nitrogens with one attached hydrogen (secondary N) is 3. The molecule has 9 nitrogen and oxygen atoms in total. The second kappa shape index (κ2) is 7.03. The highest BCUT2D eigenvalue weighted by Crippen LogP contribution is 2.25. The van der Waals surface area contributed by atoms with Crippen LogP contribution in [0.4, 0.5) is 11.6 Å². The summed E-state index contributed by atoms with van der Waals surface area (Å²) in [4.78, 5) is 28.3. The van der Waals surface area contributed by atoms with Crippen LogP contribution in [0, 0.1) is 0 Å². The van der Waals surface area contributed by atoms with Crippen LogP contribution in [-0.4, -0.2) is 63.8 Å². The summed E-state index contributed by atoms with van der Waals surface area (Å²) in [5.74, 6) is 1.67. The zero-order chi connectivity index (χ0) is 17.9. The second-order valence-corrected chi connectivity index (χ2v) is 6.58.